The van der Waals surface area contributed by atoms with Crippen molar-refractivity contribution in [3.8, 4) is 0 Å². The molecule has 1 aromatic rings. The minimum Gasteiger partial charge on any atom is -0.334 e. The molecule has 4 nitrogen and oxygen atoms in total. The zero-order valence-electron chi connectivity index (χ0n) is 9.43. The zero-order valence-corrected chi connectivity index (χ0v) is 9.43. The van der Waals surface area contributed by atoms with Gasteiger partial charge in [-0.05, 0) is 32.4 Å². The summed E-state index contributed by atoms with van der Waals surface area (Å²) in [5.74, 6) is 0. The molecule has 16 heavy (non-hydrogen) atoms. The van der Waals surface area contributed by atoms with Gasteiger partial charge < -0.3 is 4.57 Å². The normalized spacial score (nSPS) is 25.6. The molecule has 2 aliphatic heterocycles. The monoisotopic (exact) mass is 219 g/mol. The predicted molar refractivity (Wildman–Crippen MR) is 60.5 cm³/mol. The van der Waals surface area contributed by atoms with Crippen molar-refractivity contribution in [3.63, 3.8) is 0 Å². The molecule has 0 saturated carbocycles. The lowest BCUT2D eigenvalue weighted by Gasteiger charge is -2.31. The van der Waals surface area contributed by atoms with E-state index >= 15 is 0 Å². The third kappa shape index (κ3) is 1.57. The van der Waals surface area contributed by atoms with E-state index in [-0.39, 0.29) is 0 Å². The Bertz CT molecular complexity index is 393. The predicted octanol–water partition coefficient (Wildman–Crippen LogP) is 1.11. The number of aldehydes is 1. The van der Waals surface area contributed by atoms with Crippen LogP contribution in [-0.2, 0) is 13.0 Å². The largest absolute Gasteiger partial charge is 0.334 e. The lowest BCUT2D eigenvalue weighted by Crippen LogP contribution is -2.38. The van der Waals surface area contributed by atoms with Gasteiger partial charge in [0.15, 0.2) is 6.29 Å². The molecule has 4 heteroatoms. The molecular formula is C12H17N3O. The van der Waals surface area contributed by atoms with E-state index in [0.29, 0.717) is 11.7 Å². The van der Waals surface area contributed by atoms with Crippen LogP contribution in [0, 0.1) is 0 Å². The third-order valence-electron chi connectivity index (χ3n) is 3.88. The molecule has 0 spiro atoms. The van der Waals surface area contributed by atoms with Crippen LogP contribution in [-0.4, -0.2) is 39.9 Å². The molecule has 0 aliphatic carbocycles. The van der Waals surface area contributed by atoms with Gasteiger partial charge in [0.05, 0.1) is 6.33 Å². The molecule has 0 aromatic carbocycles. The lowest BCUT2D eigenvalue weighted by atomic mass is 10.0. The highest BCUT2D eigenvalue weighted by molar-refractivity contribution is 5.73. The Morgan fingerprint density at radius 1 is 1.31 bits per heavy atom. The molecule has 1 fully saturated rings. The maximum atomic E-state index is 10.9. The average Bonchev–Trinajstić information content (AvgIpc) is 2.97. The number of nitrogens with zero attached hydrogens (tertiary/aromatic N) is 3. The van der Waals surface area contributed by atoms with Crippen molar-refractivity contribution in [2.75, 3.05) is 13.1 Å². The van der Waals surface area contributed by atoms with Crippen molar-refractivity contribution in [2.45, 2.75) is 38.3 Å². The molecule has 1 unspecified atom stereocenters. The number of aromatic nitrogens is 2. The van der Waals surface area contributed by atoms with Crippen molar-refractivity contribution in [1.29, 1.82) is 0 Å². The van der Waals surface area contributed by atoms with E-state index in [1.165, 1.54) is 32.4 Å². The SMILES string of the molecule is O=Cc1ncn2c1CC(N1CCCC1)CC2. The Balaban J connectivity index is 1.81. The molecule has 1 aromatic heterocycles. The van der Waals surface area contributed by atoms with Crippen molar-refractivity contribution >= 4 is 6.29 Å². The van der Waals surface area contributed by atoms with Crippen LogP contribution in [0.15, 0.2) is 6.33 Å². The van der Waals surface area contributed by atoms with Crippen LogP contribution in [0.1, 0.15) is 35.4 Å². The van der Waals surface area contributed by atoms with Gasteiger partial charge in [0.25, 0.3) is 0 Å². The van der Waals surface area contributed by atoms with Gasteiger partial charge in [0.1, 0.15) is 5.69 Å². The van der Waals surface area contributed by atoms with Crippen LogP contribution in [0.5, 0.6) is 0 Å². The quantitative estimate of drug-likeness (QED) is 0.699. The van der Waals surface area contributed by atoms with E-state index in [0.717, 1.165) is 24.9 Å². The van der Waals surface area contributed by atoms with Gasteiger partial charge in [0, 0.05) is 24.7 Å². The molecule has 1 saturated heterocycles. The van der Waals surface area contributed by atoms with Gasteiger partial charge in [-0.15, -0.1) is 0 Å². The zero-order chi connectivity index (χ0) is 11.0. The molecule has 86 valence electrons. The second-order valence-electron chi connectivity index (χ2n) is 4.78. The van der Waals surface area contributed by atoms with Crippen molar-refractivity contribution in [2.24, 2.45) is 0 Å². The molecule has 3 rings (SSSR count). The first-order valence-electron chi connectivity index (χ1n) is 6.11. The number of fused-ring (bicyclic) bond motifs is 1. The standard InChI is InChI=1S/C12H17N3O/c16-8-11-12-7-10(14-4-1-2-5-14)3-6-15(12)9-13-11/h8-10H,1-7H2. The second-order valence-corrected chi connectivity index (χ2v) is 4.78. The van der Waals surface area contributed by atoms with E-state index < -0.39 is 0 Å². The Kier molecular flexibility index (Phi) is 2.52. The molecule has 0 radical (unpaired) electrons. The summed E-state index contributed by atoms with van der Waals surface area (Å²) in [4.78, 5) is 17.6. The number of likely N-dealkylation sites (tertiary alicyclic amines) is 1. The number of carbonyl (C=O) groups is 1. The minimum atomic E-state index is 0.630. The van der Waals surface area contributed by atoms with Crippen LogP contribution in [0.4, 0.5) is 0 Å². The van der Waals surface area contributed by atoms with Gasteiger partial charge in [-0.1, -0.05) is 0 Å². The van der Waals surface area contributed by atoms with Crippen molar-refractivity contribution in [1.82, 2.24) is 14.5 Å². The smallest absolute Gasteiger partial charge is 0.170 e. The van der Waals surface area contributed by atoms with Crippen LogP contribution in [0.25, 0.3) is 0 Å². The number of hydrogen-bond acceptors (Lipinski definition) is 3. The molecule has 0 bridgehead atoms. The van der Waals surface area contributed by atoms with E-state index in [1.807, 2.05) is 0 Å². The average molecular weight is 219 g/mol. The summed E-state index contributed by atoms with van der Waals surface area (Å²) in [5.41, 5.74) is 1.78. The maximum absolute atomic E-state index is 10.9. The summed E-state index contributed by atoms with van der Waals surface area (Å²) < 4.78 is 2.14. The summed E-state index contributed by atoms with van der Waals surface area (Å²) in [7, 11) is 0. The molecule has 0 amide bonds. The summed E-state index contributed by atoms with van der Waals surface area (Å²) >= 11 is 0. The first-order chi connectivity index (χ1) is 7.88. The van der Waals surface area contributed by atoms with Crippen LogP contribution < -0.4 is 0 Å². The van der Waals surface area contributed by atoms with E-state index in [2.05, 4.69) is 14.5 Å². The van der Waals surface area contributed by atoms with Crippen LogP contribution >= 0.6 is 0 Å². The van der Waals surface area contributed by atoms with Crippen LogP contribution in [0.3, 0.4) is 0 Å². The highest BCUT2D eigenvalue weighted by atomic mass is 16.1. The third-order valence-corrected chi connectivity index (χ3v) is 3.88. The first-order valence-corrected chi connectivity index (χ1v) is 6.11. The topological polar surface area (TPSA) is 38.1 Å². The molecule has 1 atom stereocenters. The van der Waals surface area contributed by atoms with Gasteiger partial charge in [0.2, 0.25) is 0 Å². The number of carbonyl (C=O) groups excluding carboxylic acids is 1. The number of hydrogen-bond donors (Lipinski definition) is 0. The molecule has 0 N–H and O–H groups in total. The van der Waals surface area contributed by atoms with E-state index in [4.69, 9.17) is 0 Å². The maximum Gasteiger partial charge on any atom is 0.170 e. The lowest BCUT2D eigenvalue weighted by molar-refractivity contribution is 0.111. The highest BCUT2D eigenvalue weighted by Crippen LogP contribution is 2.24. The Labute approximate surface area is 95.3 Å². The minimum absolute atomic E-state index is 0.630. The van der Waals surface area contributed by atoms with Gasteiger partial charge in [-0.2, -0.15) is 0 Å². The van der Waals surface area contributed by atoms with Gasteiger partial charge >= 0.3 is 0 Å². The number of rotatable bonds is 2. The second kappa shape index (κ2) is 4.01. The summed E-state index contributed by atoms with van der Waals surface area (Å²) in [6, 6.07) is 0.630. The molecule has 2 aliphatic rings. The highest BCUT2D eigenvalue weighted by Gasteiger charge is 2.27. The van der Waals surface area contributed by atoms with Crippen molar-refractivity contribution in [3.05, 3.63) is 17.7 Å². The van der Waals surface area contributed by atoms with Crippen LogP contribution in [0.2, 0.25) is 0 Å². The first kappa shape index (κ1) is 10.0. The summed E-state index contributed by atoms with van der Waals surface area (Å²) in [6.45, 7) is 3.47. The van der Waals surface area contributed by atoms with Gasteiger partial charge in [-0.25, -0.2) is 4.98 Å². The fourth-order valence-electron chi connectivity index (χ4n) is 2.97. The van der Waals surface area contributed by atoms with E-state index in [1.54, 1.807) is 6.33 Å². The molecule has 3 heterocycles. The number of aryl methyl sites for hydroxylation is 1. The van der Waals surface area contributed by atoms with Crippen molar-refractivity contribution < 1.29 is 4.79 Å². The summed E-state index contributed by atoms with van der Waals surface area (Å²) in [5, 5.41) is 0. The number of imidazole rings is 1. The Morgan fingerprint density at radius 2 is 2.12 bits per heavy atom. The molecular weight excluding hydrogens is 202 g/mol. The van der Waals surface area contributed by atoms with Gasteiger partial charge in [-0.3, -0.25) is 9.69 Å². The Morgan fingerprint density at radius 3 is 2.88 bits per heavy atom. The summed E-state index contributed by atoms with van der Waals surface area (Å²) in [6.07, 6.45) is 7.54. The van der Waals surface area contributed by atoms with E-state index in [9.17, 15) is 4.79 Å². The fourth-order valence-corrected chi connectivity index (χ4v) is 2.97. The fraction of sp³-hybridized carbons (Fsp3) is 0.667. The Hall–Kier alpha value is -1.16.